The first-order valence-electron chi connectivity index (χ1n) is 9.69. The fourth-order valence-corrected chi connectivity index (χ4v) is 4.23. The van der Waals surface area contributed by atoms with E-state index in [1.54, 1.807) is 16.7 Å². The molecule has 0 N–H and O–H groups in total. The van der Waals surface area contributed by atoms with Gasteiger partial charge in [0.15, 0.2) is 11.0 Å². The number of thioether (sulfide) groups is 1. The highest BCUT2D eigenvalue weighted by Crippen LogP contribution is 2.29. The SMILES string of the molecule is O=[N+]([O-])c1cc(Cn2c(SCc3ccc(Cl)cc3)nnc2-c2ccccc2)cc([N+](=O)[O-])c1. The summed E-state index contributed by atoms with van der Waals surface area (Å²) in [5.41, 5.74) is 1.56. The Morgan fingerprint density at radius 3 is 2.09 bits per heavy atom. The lowest BCUT2D eigenvalue weighted by atomic mass is 10.1. The summed E-state index contributed by atoms with van der Waals surface area (Å²) < 4.78 is 1.80. The molecule has 0 spiro atoms. The third-order valence-corrected chi connectivity index (χ3v) is 6.04. The highest BCUT2D eigenvalue weighted by molar-refractivity contribution is 7.98. The molecule has 11 heteroatoms. The largest absolute Gasteiger partial charge is 0.298 e. The Hall–Kier alpha value is -3.76. The molecule has 33 heavy (non-hydrogen) atoms. The minimum absolute atomic E-state index is 0.128. The Balaban J connectivity index is 1.72. The highest BCUT2D eigenvalue weighted by atomic mass is 35.5. The van der Waals surface area contributed by atoms with Gasteiger partial charge in [0.25, 0.3) is 11.4 Å². The van der Waals surface area contributed by atoms with Gasteiger partial charge in [-0.2, -0.15) is 0 Å². The van der Waals surface area contributed by atoms with Crippen LogP contribution in [0.15, 0.2) is 78.0 Å². The van der Waals surface area contributed by atoms with E-state index in [4.69, 9.17) is 11.6 Å². The van der Waals surface area contributed by atoms with Crippen molar-refractivity contribution in [2.24, 2.45) is 0 Å². The van der Waals surface area contributed by atoms with Crippen LogP contribution in [0, 0.1) is 20.2 Å². The lowest BCUT2D eigenvalue weighted by Crippen LogP contribution is -2.05. The van der Waals surface area contributed by atoms with Crippen molar-refractivity contribution in [1.29, 1.82) is 0 Å². The van der Waals surface area contributed by atoms with E-state index in [9.17, 15) is 20.2 Å². The van der Waals surface area contributed by atoms with Gasteiger partial charge in [-0.25, -0.2) is 0 Å². The van der Waals surface area contributed by atoms with Gasteiger partial charge < -0.3 is 0 Å². The van der Waals surface area contributed by atoms with Gasteiger partial charge in [-0.1, -0.05) is 65.8 Å². The minimum atomic E-state index is -0.642. The Kier molecular flexibility index (Phi) is 6.66. The number of halogens is 1. The van der Waals surface area contributed by atoms with Gasteiger partial charge in [0.1, 0.15) is 0 Å². The first-order valence-corrected chi connectivity index (χ1v) is 11.1. The number of benzene rings is 3. The molecule has 1 heterocycles. The van der Waals surface area contributed by atoms with Gasteiger partial charge in [-0.05, 0) is 23.3 Å². The average molecular weight is 482 g/mol. The minimum Gasteiger partial charge on any atom is -0.298 e. The van der Waals surface area contributed by atoms with Crippen LogP contribution in [-0.4, -0.2) is 24.6 Å². The van der Waals surface area contributed by atoms with Crippen LogP contribution in [0.2, 0.25) is 5.02 Å². The maximum atomic E-state index is 11.3. The molecule has 0 aliphatic rings. The molecule has 0 unspecified atom stereocenters. The molecule has 0 aliphatic carbocycles. The summed E-state index contributed by atoms with van der Waals surface area (Å²) in [5, 5.41) is 32.5. The summed E-state index contributed by atoms with van der Waals surface area (Å²) in [5.74, 6) is 1.16. The molecular weight excluding hydrogens is 466 g/mol. The zero-order valence-corrected chi connectivity index (χ0v) is 18.6. The number of hydrogen-bond donors (Lipinski definition) is 0. The second kappa shape index (κ2) is 9.80. The number of nitro benzene ring substituents is 2. The highest BCUT2D eigenvalue weighted by Gasteiger charge is 2.20. The van der Waals surface area contributed by atoms with Gasteiger partial charge >= 0.3 is 0 Å². The monoisotopic (exact) mass is 481 g/mol. The Bertz CT molecular complexity index is 1280. The van der Waals surface area contributed by atoms with Gasteiger partial charge in [0.05, 0.1) is 22.5 Å². The maximum Gasteiger partial charge on any atom is 0.276 e. The molecule has 0 saturated heterocycles. The van der Waals surface area contributed by atoms with Crippen molar-refractivity contribution in [2.45, 2.75) is 17.5 Å². The zero-order chi connectivity index (χ0) is 23.4. The van der Waals surface area contributed by atoms with E-state index < -0.39 is 9.85 Å². The van der Waals surface area contributed by atoms with E-state index >= 15 is 0 Å². The molecule has 0 radical (unpaired) electrons. The van der Waals surface area contributed by atoms with E-state index in [2.05, 4.69) is 10.2 Å². The Morgan fingerprint density at radius 2 is 1.48 bits per heavy atom. The van der Waals surface area contributed by atoms with Crippen LogP contribution in [0.5, 0.6) is 0 Å². The molecule has 0 amide bonds. The molecule has 9 nitrogen and oxygen atoms in total. The third kappa shape index (κ3) is 5.36. The van der Waals surface area contributed by atoms with Crippen molar-refractivity contribution in [3.05, 3.63) is 109 Å². The summed E-state index contributed by atoms with van der Waals surface area (Å²) in [6.45, 7) is 0.128. The lowest BCUT2D eigenvalue weighted by Gasteiger charge is -2.11. The van der Waals surface area contributed by atoms with Gasteiger partial charge in [-0.15, -0.1) is 10.2 Å². The molecule has 0 aliphatic heterocycles. The number of hydrogen-bond acceptors (Lipinski definition) is 7. The van der Waals surface area contributed by atoms with Crippen LogP contribution in [0.4, 0.5) is 11.4 Å². The molecule has 0 fully saturated rings. The lowest BCUT2D eigenvalue weighted by molar-refractivity contribution is -0.394. The summed E-state index contributed by atoms with van der Waals surface area (Å²) in [6.07, 6.45) is 0. The van der Waals surface area contributed by atoms with Crippen molar-refractivity contribution in [3.8, 4) is 11.4 Å². The van der Waals surface area contributed by atoms with Crippen molar-refractivity contribution >= 4 is 34.7 Å². The predicted octanol–water partition coefficient (Wildman–Crippen LogP) is 5.76. The number of nitrogens with zero attached hydrogens (tertiary/aromatic N) is 5. The summed E-state index contributed by atoms with van der Waals surface area (Å²) >= 11 is 7.40. The van der Waals surface area contributed by atoms with E-state index in [1.807, 2.05) is 42.5 Å². The van der Waals surface area contributed by atoms with E-state index in [0.717, 1.165) is 17.2 Å². The quantitative estimate of drug-likeness (QED) is 0.178. The van der Waals surface area contributed by atoms with E-state index in [0.29, 0.717) is 27.3 Å². The number of aromatic nitrogens is 3. The van der Waals surface area contributed by atoms with Gasteiger partial charge in [-0.3, -0.25) is 24.8 Å². The Morgan fingerprint density at radius 1 is 0.848 bits per heavy atom. The second-order valence-corrected chi connectivity index (χ2v) is 8.42. The van der Waals surface area contributed by atoms with E-state index in [-0.39, 0.29) is 17.9 Å². The summed E-state index contributed by atoms with van der Waals surface area (Å²) in [4.78, 5) is 21.3. The first-order chi connectivity index (χ1) is 15.9. The smallest absolute Gasteiger partial charge is 0.276 e. The molecule has 0 saturated carbocycles. The van der Waals surface area contributed by atoms with Gasteiger partial charge in [0, 0.05) is 28.5 Å². The topological polar surface area (TPSA) is 117 Å². The molecule has 4 rings (SSSR count). The predicted molar refractivity (Wildman–Crippen MR) is 125 cm³/mol. The Labute approximate surface area is 197 Å². The van der Waals surface area contributed by atoms with Crippen molar-refractivity contribution in [3.63, 3.8) is 0 Å². The number of nitro groups is 2. The maximum absolute atomic E-state index is 11.3. The fraction of sp³-hybridized carbons (Fsp3) is 0.0909. The fourth-order valence-electron chi connectivity index (χ4n) is 3.21. The molecule has 166 valence electrons. The molecule has 1 aromatic heterocycles. The summed E-state index contributed by atoms with van der Waals surface area (Å²) in [6, 6.07) is 20.4. The van der Waals surface area contributed by atoms with Crippen LogP contribution in [-0.2, 0) is 12.3 Å². The zero-order valence-electron chi connectivity index (χ0n) is 17.0. The van der Waals surface area contributed by atoms with Crippen LogP contribution in [0.1, 0.15) is 11.1 Å². The van der Waals surface area contributed by atoms with Crippen LogP contribution >= 0.6 is 23.4 Å². The van der Waals surface area contributed by atoms with Crippen LogP contribution < -0.4 is 0 Å². The van der Waals surface area contributed by atoms with Crippen molar-refractivity contribution < 1.29 is 9.85 Å². The third-order valence-electron chi connectivity index (χ3n) is 4.75. The first kappa shape index (κ1) is 22.4. The number of non-ortho nitro benzene ring substituents is 2. The molecule has 4 aromatic rings. The van der Waals surface area contributed by atoms with Crippen LogP contribution in [0.25, 0.3) is 11.4 Å². The molecular formula is C22H16ClN5O4S. The number of rotatable bonds is 8. The second-order valence-electron chi connectivity index (χ2n) is 7.05. The normalized spacial score (nSPS) is 10.8. The van der Waals surface area contributed by atoms with Gasteiger partial charge in [0.2, 0.25) is 0 Å². The van der Waals surface area contributed by atoms with Crippen LogP contribution in [0.3, 0.4) is 0 Å². The van der Waals surface area contributed by atoms with E-state index in [1.165, 1.54) is 23.9 Å². The molecule has 3 aromatic carbocycles. The standard InChI is InChI=1S/C22H16ClN5O4S/c23-18-8-6-15(7-9-18)14-33-22-25-24-21(17-4-2-1-3-5-17)26(22)13-16-10-19(27(29)30)12-20(11-16)28(31)32/h1-12H,13-14H2. The summed E-state index contributed by atoms with van der Waals surface area (Å²) in [7, 11) is 0. The average Bonchev–Trinajstić information content (AvgIpc) is 3.21. The molecule has 0 bridgehead atoms. The molecule has 0 atom stereocenters. The van der Waals surface area contributed by atoms with Crippen molar-refractivity contribution in [1.82, 2.24) is 14.8 Å². The van der Waals surface area contributed by atoms with Crippen molar-refractivity contribution in [2.75, 3.05) is 0 Å².